The monoisotopic (exact) mass is 181 g/mol. The summed E-state index contributed by atoms with van der Waals surface area (Å²) in [6, 6.07) is 1.80. The Morgan fingerprint density at radius 2 is 2.08 bits per heavy atom. The predicted octanol–water partition coefficient (Wildman–Crippen LogP) is 2.05. The molecule has 0 saturated heterocycles. The van der Waals surface area contributed by atoms with E-state index in [4.69, 9.17) is 9.47 Å². The molecule has 0 bridgehead atoms. The summed E-state index contributed by atoms with van der Waals surface area (Å²) in [7, 11) is 3.27. The largest absolute Gasteiger partial charge is 0.493 e. The van der Waals surface area contributed by atoms with E-state index >= 15 is 0 Å². The van der Waals surface area contributed by atoms with E-state index in [0.29, 0.717) is 0 Å². The maximum atomic E-state index is 5.23. The molecule has 0 saturated carbocycles. The number of hydrogen-bond donors (Lipinski definition) is 0. The Bertz CT molecular complexity index is 274. The van der Waals surface area contributed by atoms with Crippen LogP contribution in [0.3, 0.4) is 0 Å². The maximum Gasteiger partial charge on any atom is 0.182 e. The van der Waals surface area contributed by atoms with E-state index in [1.54, 1.807) is 26.5 Å². The molecule has 0 aliphatic rings. The van der Waals surface area contributed by atoms with Crippen molar-refractivity contribution in [1.29, 1.82) is 0 Å². The van der Waals surface area contributed by atoms with Crippen LogP contribution in [0.5, 0.6) is 11.5 Å². The van der Waals surface area contributed by atoms with E-state index < -0.39 is 0 Å². The Labute approximate surface area is 78.7 Å². The summed E-state index contributed by atoms with van der Waals surface area (Å²) in [6.07, 6.45) is 3.71. The van der Waals surface area contributed by atoms with E-state index in [-0.39, 0.29) is 0 Å². The molecule has 13 heavy (non-hydrogen) atoms. The van der Waals surface area contributed by atoms with Crippen LogP contribution in [0, 0.1) is 0 Å². The lowest BCUT2D eigenvalue weighted by Crippen LogP contribution is -1.98. The van der Waals surface area contributed by atoms with Crippen molar-refractivity contribution in [3.05, 3.63) is 18.0 Å². The number of pyridine rings is 1. The fourth-order valence-electron chi connectivity index (χ4n) is 1.27. The van der Waals surface area contributed by atoms with Crippen LogP contribution in [0.25, 0.3) is 0 Å². The maximum absolute atomic E-state index is 5.23. The molecule has 3 heteroatoms. The second-order valence-corrected chi connectivity index (χ2v) is 2.74. The minimum absolute atomic E-state index is 0.751. The van der Waals surface area contributed by atoms with Gasteiger partial charge in [-0.05, 0) is 6.42 Å². The lowest BCUT2D eigenvalue weighted by atomic mass is 10.2. The van der Waals surface area contributed by atoms with Crippen LogP contribution < -0.4 is 9.47 Å². The lowest BCUT2D eigenvalue weighted by Gasteiger charge is -2.10. The van der Waals surface area contributed by atoms with Gasteiger partial charge in [-0.25, -0.2) is 0 Å². The highest BCUT2D eigenvalue weighted by molar-refractivity contribution is 5.42. The molecule has 72 valence electrons. The van der Waals surface area contributed by atoms with Gasteiger partial charge in [0, 0.05) is 12.3 Å². The van der Waals surface area contributed by atoms with E-state index in [1.807, 2.05) is 0 Å². The molecule has 0 atom stereocenters. The van der Waals surface area contributed by atoms with Crippen LogP contribution in [0.2, 0.25) is 0 Å². The van der Waals surface area contributed by atoms with Crippen LogP contribution in [0.15, 0.2) is 12.3 Å². The zero-order valence-electron chi connectivity index (χ0n) is 8.33. The fraction of sp³-hybridized carbons (Fsp3) is 0.500. The van der Waals surface area contributed by atoms with Crippen LogP contribution in [0.1, 0.15) is 19.0 Å². The van der Waals surface area contributed by atoms with Crippen molar-refractivity contribution < 1.29 is 9.47 Å². The standard InChI is InChI=1S/C10H15NO2/c1-4-5-8-10(13-3)9(12-2)6-7-11-8/h6-7H,4-5H2,1-3H3. The number of aromatic nitrogens is 1. The Hall–Kier alpha value is -1.25. The van der Waals surface area contributed by atoms with Crippen molar-refractivity contribution in [3.63, 3.8) is 0 Å². The highest BCUT2D eigenvalue weighted by Crippen LogP contribution is 2.29. The van der Waals surface area contributed by atoms with Gasteiger partial charge in [-0.1, -0.05) is 13.3 Å². The first-order valence-corrected chi connectivity index (χ1v) is 4.39. The van der Waals surface area contributed by atoms with Gasteiger partial charge >= 0.3 is 0 Å². The van der Waals surface area contributed by atoms with Crippen LogP contribution in [0.4, 0.5) is 0 Å². The fourth-order valence-corrected chi connectivity index (χ4v) is 1.27. The normalized spacial score (nSPS) is 9.77. The van der Waals surface area contributed by atoms with E-state index in [9.17, 15) is 0 Å². The molecule has 0 aliphatic carbocycles. The lowest BCUT2D eigenvalue weighted by molar-refractivity contribution is 0.349. The summed E-state index contributed by atoms with van der Waals surface area (Å²) < 4.78 is 10.4. The van der Waals surface area contributed by atoms with E-state index in [2.05, 4.69) is 11.9 Å². The number of ether oxygens (including phenoxy) is 2. The molecular weight excluding hydrogens is 166 g/mol. The zero-order valence-corrected chi connectivity index (χ0v) is 8.33. The second kappa shape index (κ2) is 4.70. The Balaban J connectivity index is 3.03. The Morgan fingerprint density at radius 3 is 2.62 bits per heavy atom. The Kier molecular flexibility index (Phi) is 3.55. The summed E-state index contributed by atoms with van der Waals surface area (Å²) in [4.78, 5) is 4.24. The smallest absolute Gasteiger partial charge is 0.182 e. The molecule has 1 heterocycles. The molecule has 0 spiro atoms. The number of nitrogens with zero attached hydrogens (tertiary/aromatic N) is 1. The minimum atomic E-state index is 0.751. The number of rotatable bonds is 4. The molecule has 0 radical (unpaired) electrons. The third kappa shape index (κ3) is 2.11. The molecule has 0 unspecified atom stereocenters. The average Bonchev–Trinajstić information content (AvgIpc) is 2.18. The van der Waals surface area contributed by atoms with Gasteiger partial charge in [-0.3, -0.25) is 4.98 Å². The SMILES string of the molecule is CCCc1nccc(OC)c1OC. The van der Waals surface area contributed by atoms with Gasteiger partial charge in [-0.15, -0.1) is 0 Å². The van der Waals surface area contributed by atoms with Crippen molar-refractivity contribution in [3.8, 4) is 11.5 Å². The molecule has 0 fully saturated rings. The summed E-state index contributed by atoms with van der Waals surface area (Å²) >= 11 is 0. The summed E-state index contributed by atoms with van der Waals surface area (Å²) in [5.41, 5.74) is 0.962. The van der Waals surface area contributed by atoms with Crippen molar-refractivity contribution in [1.82, 2.24) is 4.98 Å². The predicted molar refractivity (Wildman–Crippen MR) is 51.3 cm³/mol. The molecule has 1 aromatic heterocycles. The van der Waals surface area contributed by atoms with E-state index in [0.717, 1.165) is 30.0 Å². The zero-order chi connectivity index (χ0) is 9.68. The molecule has 0 amide bonds. The molecular formula is C10H15NO2. The highest BCUT2D eigenvalue weighted by atomic mass is 16.5. The van der Waals surface area contributed by atoms with E-state index in [1.165, 1.54) is 0 Å². The second-order valence-electron chi connectivity index (χ2n) is 2.74. The third-order valence-electron chi connectivity index (χ3n) is 1.85. The van der Waals surface area contributed by atoms with Crippen LogP contribution >= 0.6 is 0 Å². The first-order chi connectivity index (χ1) is 6.33. The van der Waals surface area contributed by atoms with Crippen molar-refractivity contribution in [2.45, 2.75) is 19.8 Å². The van der Waals surface area contributed by atoms with Crippen LogP contribution in [-0.2, 0) is 6.42 Å². The van der Waals surface area contributed by atoms with Gasteiger partial charge in [0.25, 0.3) is 0 Å². The van der Waals surface area contributed by atoms with Crippen LogP contribution in [-0.4, -0.2) is 19.2 Å². The van der Waals surface area contributed by atoms with Gasteiger partial charge < -0.3 is 9.47 Å². The summed E-state index contributed by atoms with van der Waals surface area (Å²) in [6.45, 7) is 2.11. The van der Waals surface area contributed by atoms with Crippen molar-refractivity contribution in [2.75, 3.05) is 14.2 Å². The highest BCUT2D eigenvalue weighted by Gasteiger charge is 2.09. The van der Waals surface area contributed by atoms with Gasteiger partial charge in [0.05, 0.1) is 19.9 Å². The first-order valence-electron chi connectivity index (χ1n) is 4.39. The molecule has 1 rings (SSSR count). The number of methoxy groups -OCH3 is 2. The summed E-state index contributed by atoms with van der Waals surface area (Å²) in [5, 5.41) is 0. The molecule has 3 nitrogen and oxygen atoms in total. The molecule has 1 aromatic rings. The number of hydrogen-bond acceptors (Lipinski definition) is 3. The molecule has 0 aromatic carbocycles. The number of aryl methyl sites for hydroxylation is 1. The van der Waals surface area contributed by atoms with Crippen molar-refractivity contribution in [2.24, 2.45) is 0 Å². The Morgan fingerprint density at radius 1 is 1.31 bits per heavy atom. The quantitative estimate of drug-likeness (QED) is 0.712. The molecule has 0 aliphatic heterocycles. The minimum Gasteiger partial charge on any atom is -0.493 e. The van der Waals surface area contributed by atoms with Gasteiger partial charge in [0.2, 0.25) is 0 Å². The average molecular weight is 181 g/mol. The van der Waals surface area contributed by atoms with Gasteiger partial charge in [0.1, 0.15) is 0 Å². The van der Waals surface area contributed by atoms with Crippen molar-refractivity contribution >= 4 is 0 Å². The summed E-state index contributed by atoms with van der Waals surface area (Å²) in [5.74, 6) is 1.51. The van der Waals surface area contributed by atoms with Gasteiger partial charge in [0.15, 0.2) is 11.5 Å². The third-order valence-corrected chi connectivity index (χ3v) is 1.85. The molecule has 0 N–H and O–H groups in total. The van der Waals surface area contributed by atoms with Gasteiger partial charge in [-0.2, -0.15) is 0 Å². The first kappa shape index (κ1) is 9.84. The topological polar surface area (TPSA) is 31.4 Å².